The zero-order valence-corrected chi connectivity index (χ0v) is 13.5. The van der Waals surface area contributed by atoms with E-state index in [-0.39, 0.29) is 16.4 Å². The molecular formula is C17H24N2O4. The summed E-state index contributed by atoms with van der Waals surface area (Å²) in [6, 6.07) is 5.18. The third-order valence-corrected chi connectivity index (χ3v) is 4.90. The smallest absolute Gasteiger partial charge is 0.292 e. The quantitative estimate of drug-likeness (QED) is 0.662. The lowest BCUT2D eigenvalue weighted by molar-refractivity contribution is -0.384. The van der Waals surface area contributed by atoms with Gasteiger partial charge in [-0.25, -0.2) is 0 Å². The normalized spacial score (nSPS) is 20.7. The molecule has 1 N–H and O–H groups in total. The highest BCUT2D eigenvalue weighted by Gasteiger charge is 2.39. The summed E-state index contributed by atoms with van der Waals surface area (Å²) in [7, 11) is 0. The van der Waals surface area contributed by atoms with Gasteiger partial charge in [0, 0.05) is 25.5 Å². The van der Waals surface area contributed by atoms with Gasteiger partial charge in [0.1, 0.15) is 5.69 Å². The highest BCUT2D eigenvalue weighted by atomic mass is 16.7. The molecule has 0 unspecified atom stereocenters. The third-order valence-electron chi connectivity index (χ3n) is 4.90. The van der Waals surface area contributed by atoms with Crippen molar-refractivity contribution in [3.63, 3.8) is 0 Å². The zero-order chi connectivity index (χ0) is 16.3. The molecule has 2 aliphatic rings. The summed E-state index contributed by atoms with van der Waals surface area (Å²) in [6.07, 6.45) is 5.13. The van der Waals surface area contributed by atoms with Crippen molar-refractivity contribution < 1.29 is 14.4 Å². The highest BCUT2D eigenvalue weighted by Crippen LogP contribution is 2.39. The molecule has 0 amide bonds. The average Bonchev–Trinajstić information content (AvgIpc) is 2.98. The SMILES string of the molecule is Cc1ccc([N+](=O)[O-])c(NCCC2CCC3(CC2)OCCO3)c1. The Morgan fingerprint density at radius 2 is 2.00 bits per heavy atom. The van der Waals surface area contributed by atoms with Gasteiger partial charge in [-0.3, -0.25) is 10.1 Å². The van der Waals surface area contributed by atoms with E-state index in [0.29, 0.717) is 24.8 Å². The predicted octanol–water partition coefficient (Wildman–Crippen LogP) is 3.64. The Labute approximate surface area is 136 Å². The van der Waals surface area contributed by atoms with Gasteiger partial charge in [0.05, 0.1) is 18.1 Å². The van der Waals surface area contributed by atoms with Crippen molar-refractivity contribution in [3.05, 3.63) is 33.9 Å². The number of nitro benzene ring substituents is 1. The molecule has 1 aromatic carbocycles. The van der Waals surface area contributed by atoms with E-state index in [1.54, 1.807) is 12.1 Å². The molecule has 0 aromatic heterocycles. The number of ether oxygens (including phenoxy) is 2. The largest absolute Gasteiger partial charge is 0.379 e. The molecule has 1 aliphatic heterocycles. The van der Waals surface area contributed by atoms with Gasteiger partial charge in [-0.15, -0.1) is 0 Å². The molecule has 23 heavy (non-hydrogen) atoms. The van der Waals surface area contributed by atoms with E-state index in [1.807, 2.05) is 13.0 Å². The summed E-state index contributed by atoms with van der Waals surface area (Å²) < 4.78 is 11.5. The number of nitro groups is 1. The number of hydrogen-bond donors (Lipinski definition) is 1. The topological polar surface area (TPSA) is 73.6 Å². The number of aryl methyl sites for hydroxylation is 1. The first-order chi connectivity index (χ1) is 11.1. The number of benzene rings is 1. The molecule has 1 aliphatic carbocycles. The van der Waals surface area contributed by atoms with Crippen LogP contribution in [0.2, 0.25) is 0 Å². The van der Waals surface area contributed by atoms with Gasteiger partial charge in [-0.1, -0.05) is 6.07 Å². The summed E-state index contributed by atoms with van der Waals surface area (Å²) in [6.45, 7) is 4.12. The molecular weight excluding hydrogens is 296 g/mol. The number of nitrogens with zero attached hydrogens (tertiary/aromatic N) is 1. The number of nitrogens with one attached hydrogen (secondary N) is 1. The van der Waals surface area contributed by atoms with Crippen LogP contribution >= 0.6 is 0 Å². The Hall–Kier alpha value is -1.66. The molecule has 1 spiro atoms. The average molecular weight is 320 g/mol. The van der Waals surface area contributed by atoms with Crippen LogP contribution in [0.5, 0.6) is 0 Å². The molecule has 3 rings (SSSR count). The van der Waals surface area contributed by atoms with Crippen molar-refractivity contribution in [3.8, 4) is 0 Å². The lowest BCUT2D eigenvalue weighted by atomic mass is 9.83. The maximum atomic E-state index is 11.1. The Morgan fingerprint density at radius 3 is 2.65 bits per heavy atom. The van der Waals surface area contributed by atoms with Gasteiger partial charge in [-0.05, 0) is 43.7 Å². The van der Waals surface area contributed by atoms with Crippen LogP contribution in [0.15, 0.2) is 18.2 Å². The van der Waals surface area contributed by atoms with Crippen LogP contribution in [0.3, 0.4) is 0 Å². The second-order valence-electron chi connectivity index (χ2n) is 6.54. The van der Waals surface area contributed by atoms with E-state index in [0.717, 1.165) is 44.2 Å². The van der Waals surface area contributed by atoms with E-state index < -0.39 is 0 Å². The van der Waals surface area contributed by atoms with Crippen LogP contribution in [0.1, 0.15) is 37.7 Å². The fourth-order valence-electron chi connectivity index (χ4n) is 3.55. The van der Waals surface area contributed by atoms with Crippen LogP contribution in [0.4, 0.5) is 11.4 Å². The molecule has 1 saturated heterocycles. The van der Waals surface area contributed by atoms with Gasteiger partial charge < -0.3 is 14.8 Å². The van der Waals surface area contributed by atoms with Gasteiger partial charge in [0.25, 0.3) is 5.69 Å². The van der Waals surface area contributed by atoms with Crippen LogP contribution in [0.25, 0.3) is 0 Å². The van der Waals surface area contributed by atoms with Crippen molar-refractivity contribution in [2.45, 2.75) is 44.8 Å². The first-order valence-corrected chi connectivity index (χ1v) is 8.35. The fourth-order valence-corrected chi connectivity index (χ4v) is 3.55. The van der Waals surface area contributed by atoms with E-state index in [2.05, 4.69) is 5.32 Å². The monoisotopic (exact) mass is 320 g/mol. The maximum absolute atomic E-state index is 11.1. The molecule has 1 aromatic rings. The van der Waals surface area contributed by atoms with Gasteiger partial charge >= 0.3 is 0 Å². The van der Waals surface area contributed by atoms with Crippen LogP contribution in [-0.2, 0) is 9.47 Å². The van der Waals surface area contributed by atoms with E-state index >= 15 is 0 Å². The predicted molar refractivity (Wildman–Crippen MR) is 87.5 cm³/mol. The van der Waals surface area contributed by atoms with Crippen LogP contribution < -0.4 is 5.32 Å². The molecule has 1 heterocycles. The van der Waals surface area contributed by atoms with Crippen molar-refractivity contribution in [2.75, 3.05) is 25.1 Å². The second kappa shape index (κ2) is 6.84. The van der Waals surface area contributed by atoms with Crippen molar-refractivity contribution >= 4 is 11.4 Å². The Kier molecular flexibility index (Phi) is 4.82. The number of rotatable bonds is 5. The standard InChI is InChI=1S/C17H24N2O4/c1-13-2-3-16(19(20)21)15(12-13)18-9-6-14-4-7-17(8-5-14)22-10-11-23-17/h2-3,12,14,18H,4-11H2,1H3. The molecule has 0 bridgehead atoms. The minimum Gasteiger partial charge on any atom is -0.379 e. The summed E-state index contributed by atoms with van der Waals surface area (Å²) >= 11 is 0. The van der Waals surface area contributed by atoms with Crippen molar-refractivity contribution in [2.24, 2.45) is 5.92 Å². The molecule has 6 heteroatoms. The minimum atomic E-state index is -0.332. The first-order valence-electron chi connectivity index (χ1n) is 8.35. The zero-order valence-electron chi connectivity index (χ0n) is 13.5. The minimum absolute atomic E-state index is 0.144. The fraction of sp³-hybridized carbons (Fsp3) is 0.647. The lowest BCUT2D eigenvalue weighted by Crippen LogP contribution is -2.35. The van der Waals surface area contributed by atoms with E-state index in [4.69, 9.17) is 9.47 Å². The molecule has 1 saturated carbocycles. The van der Waals surface area contributed by atoms with Crippen molar-refractivity contribution in [1.82, 2.24) is 0 Å². The lowest BCUT2D eigenvalue weighted by Gasteiger charge is -2.35. The summed E-state index contributed by atoms with van der Waals surface area (Å²) in [5.41, 5.74) is 1.78. The summed E-state index contributed by atoms with van der Waals surface area (Å²) in [5.74, 6) is 0.323. The van der Waals surface area contributed by atoms with Gasteiger partial charge in [0.15, 0.2) is 5.79 Å². The Balaban J connectivity index is 1.49. The van der Waals surface area contributed by atoms with E-state index in [1.165, 1.54) is 0 Å². The summed E-state index contributed by atoms with van der Waals surface area (Å²) in [4.78, 5) is 10.7. The number of hydrogen-bond acceptors (Lipinski definition) is 5. The highest BCUT2D eigenvalue weighted by molar-refractivity contribution is 5.62. The molecule has 2 fully saturated rings. The third kappa shape index (κ3) is 3.82. The van der Waals surface area contributed by atoms with Gasteiger partial charge in [-0.2, -0.15) is 0 Å². The maximum Gasteiger partial charge on any atom is 0.292 e. The second-order valence-corrected chi connectivity index (χ2v) is 6.54. The van der Waals surface area contributed by atoms with Crippen LogP contribution in [-0.4, -0.2) is 30.5 Å². The van der Waals surface area contributed by atoms with Crippen molar-refractivity contribution in [1.29, 1.82) is 0 Å². The van der Waals surface area contributed by atoms with Crippen LogP contribution in [0, 0.1) is 23.0 Å². The van der Waals surface area contributed by atoms with Gasteiger partial charge in [0.2, 0.25) is 0 Å². The summed E-state index contributed by atoms with van der Waals surface area (Å²) in [5, 5.41) is 14.3. The molecule has 0 atom stereocenters. The molecule has 0 radical (unpaired) electrons. The van der Waals surface area contributed by atoms with E-state index in [9.17, 15) is 10.1 Å². The number of anilines is 1. The first kappa shape index (κ1) is 16.2. The Bertz CT molecular complexity index is 560. The molecule has 6 nitrogen and oxygen atoms in total. The Morgan fingerprint density at radius 1 is 1.30 bits per heavy atom. The molecule has 126 valence electrons.